The fourth-order valence-corrected chi connectivity index (χ4v) is 2.65. The van der Waals surface area contributed by atoms with E-state index in [4.69, 9.17) is 9.26 Å². The third-order valence-corrected chi connectivity index (χ3v) is 4.08. The maximum absolute atomic E-state index is 5.36. The molecule has 0 aliphatic heterocycles. The summed E-state index contributed by atoms with van der Waals surface area (Å²) < 4.78 is 10.6. The monoisotopic (exact) mass is 358 g/mol. The van der Waals surface area contributed by atoms with Crippen LogP contribution >= 0.6 is 0 Å². The molecule has 0 atom stereocenters. The summed E-state index contributed by atoms with van der Waals surface area (Å²) in [6.07, 6.45) is 1.72. The summed E-state index contributed by atoms with van der Waals surface area (Å²) in [5.41, 5.74) is 2.80. The second-order valence-electron chi connectivity index (χ2n) is 5.93. The number of pyridine rings is 1. The number of hydrogen-bond acceptors (Lipinski definition) is 6. The molecule has 4 rings (SSSR count). The van der Waals surface area contributed by atoms with E-state index in [1.807, 2.05) is 66.7 Å². The van der Waals surface area contributed by atoms with Crippen LogP contribution in [-0.2, 0) is 6.54 Å². The topological polar surface area (TPSA) is 73.1 Å². The van der Waals surface area contributed by atoms with Crippen molar-refractivity contribution >= 4 is 5.82 Å². The van der Waals surface area contributed by atoms with Gasteiger partial charge >= 0.3 is 0 Å². The summed E-state index contributed by atoms with van der Waals surface area (Å²) in [5, 5.41) is 7.32. The minimum Gasteiger partial charge on any atom is -0.497 e. The molecule has 6 heteroatoms. The Morgan fingerprint density at radius 1 is 0.963 bits per heavy atom. The Kier molecular flexibility index (Phi) is 4.78. The normalized spacial score (nSPS) is 10.6. The first kappa shape index (κ1) is 16.8. The predicted molar refractivity (Wildman–Crippen MR) is 103 cm³/mol. The van der Waals surface area contributed by atoms with Crippen molar-refractivity contribution < 1.29 is 9.26 Å². The van der Waals surface area contributed by atoms with Gasteiger partial charge in [-0.2, -0.15) is 4.98 Å². The minimum atomic E-state index is 0.445. The van der Waals surface area contributed by atoms with Crippen molar-refractivity contribution in [3.63, 3.8) is 0 Å². The van der Waals surface area contributed by atoms with Crippen LogP contribution in [0.3, 0.4) is 0 Å². The zero-order valence-electron chi connectivity index (χ0n) is 14.8. The fourth-order valence-electron chi connectivity index (χ4n) is 2.65. The summed E-state index contributed by atoms with van der Waals surface area (Å²) in [7, 11) is 1.66. The lowest BCUT2D eigenvalue weighted by Gasteiger charge is -2.07. The second-order valence-corrected chi connectivity index (χ2v) is 5.93. The third-order valence-electron chi connectivity index (χ3n) is 4.08. The first-order chi connectivity index (χ1) is 13.3. The number of anilines is 1. The van der Waals surface area contributed by atoms with Gasteiger partial charge < -0.3 is 14.6 Å². The highest BCUT2D eigenvalue weighted by molar-refractivity contribution is 5.60. The van der Waals surface area contributed by atoms with E-state index < -0.39 is 0 Å². The van der Waals surface area contributed by atoms with Gasteiger partial charge in [-0.3, -0.25) is 0 Å². The van der Waals surface area contributed by atoms with Gasteiger partial charge in [-0.15, -0.1) is 0 Å². The van der Waals surface area contributed by atoms with Crippen LogP contribution in [0.25, 0.3) is 22.8 Å². The van der Waals surface area contributed by atoms with Crippen molar-refractivity contribution in [3.05, 3.63) is 78.5 Å². The summed E-state index contributed by atoms with van der Waals surface area (Å²) in [5.74, 6) is 2.61. The molecule has 0 radical (unpaired) electrons. The van der Waals surface area contributed by atoms with Gasteiger partial charge in [0, 0.05) is 18.3 Å². The van der Waals surface area contributed by atoms with Crippen molar-refractivity contribution in [2.24, 2.45) is 0 Å². The lowest BCUT2D eigenvalue weighted by molar-refractivity contribution is 0.414. The molecule has 0 saturated heterocycles. The molecule has 6 nitrogen and oxygen atoms in total. The number of nitrogens with zero attached hydrogens (tertiary/aromatic N) is 3. The van der Waals surface area contributed by atoms with Crippen LogP contribution < -0.4 is 10.1 Å². The predicted octanol–water partition coefficient (Wildman–Crippen LogP) is 4.42. The summed E-state index contributed by atoms with van der Waals surface area (Å²) in [6.45, 7) is 0.655. The number of ether oxygens (including phenoxy) is 1. The van der Waals surface area contributed by atoms with E-state index in [2.05, 4.69) is 20.4 Å². The van der Waals surface area contributed by atoms with E-state index in [0.717, 1.165) is 28.3 Å². The number of rotatable bonds is 6. The highest BCUT2D eigenvalue weighted by atomic mass is 16.5. The average Bonchev–Trinajstić information content (AvgIpc) is 3.24. The fraction of sp³-hybridized carbons (Fsp3) is 0.0952. The number of aromatic nitrogens is 3. The summed E-state index contributed by atoms with van der Waals surface area (Å²) in [4.78, 5) is 8.87. The minimum absolute atomic E-state index is 0.445. The number of hydrogen-bond donors (Lipinski definition) is 1. The molecular formula is C21H18N4O2. The molecule has 0 aliphatic rings. The van der Waals surface area contributed by atoms with Gasteiger partial charge in [0.1, 0.15) is 11.6 Å². The van der Waals surface area contributed by atoms with Crippen molar-refractivity contribution in [3.8, 4) is 28.6 Å². The zero-order valence-corrected chi connectivity index (χ0v) is 14.8. The Bertz CT molecular complexity index is 1010. The van der Waals surface area contributed by atoms with Gasteiger partial charge in [-0.25, -0.2) is 4.98 Å². The van der Waals surface area contributed by atoms with Crippen LogP contribution in [0.5, 0.6) is 5.75 Å². The van der Waals surface area contributed by atoms with Gasteiger partial charge in [-0.1, -0.05) is 47.6 Å². The van der Waals surface area contributed by atoms with Gasteiger partial charge in [0.05, 0.1) is 12.7 Å². The first-order valence-corrected chi connectivity index (χ1v) is 8.54. The Morgan fingerprint density at radius 3 is 2.63 bits per heavy atom. The van der Waals surface area contributed by atoms with E-state index in [-0.39, 0.29) is 0 Å². The summed E-state index contributed by atoms with van der Waals surface area (Å²) in [6, 6.07) is 21.4. The van der Waals surface area contributed by atoms with Crippen LogP contribution in [0.4, 0.5) is 5.82 Å². The van der Waals surface area contributed by atoms with Gasteiger partial charge in [-0.05, 0) is 29.8 Å². The lowest BCUT2D eigenvalue weighted by Crippen LogP contribution is -2.01. The highest BCUT2D eigenvalue weighted by Crippen LogP contribution is 2.22. The van der Waals surface area contributed by atoms with E-state index in [1.165, 1.54) is 0 Å². The molecule has 0 saturated carbocycles. The van der Waals surface area contributed by atoms with Crippen LogP contribution in [0, 0.1) is 0 Å². The van der Waals surface area contributed by atoms with Crippen LogP contribution in [0.2, 0.25) is 0 Å². The van der Waals surface area contributed by atoms with E-state index in [0.29, 0.717) is 18.3 Å². The maximum atomic E-state index is 5.36. The number of benzene rings is 2. The number of nitrogens with one attached hydrogen (secondary N) is 1. The highest BCUT2D eigenvalue weighted by Gasteiger charge is 2.10. The molecule has 0 bridgehead atoms. The largest absolute Gasteiger partial charge is 0.497 e. The van der Waals surface area contributed by atoms with Crippen LogP contribution in [-0.4, -0.2) is 22.2 Å². The molecule has 0 fully saturated rings. The Labute approximate surface area is 156 Å². The molecule has 0 amide bonds. The van der Waals surface area contributed by atoms with E-state index in [1.54, 1.807) is 13.3 Å². The van der Waals surface area contributed by atoms with Crippen LogP contribution in [0.1, 0.15) is 5.56 Å². The third kappa shape index (κ3) is 3.95. The quantitative estimate of drug-likeness (QED) is 0.550. The standard InChI is InChI=1S/C21H18N4O2/c1-26-18-9-5-6-15(12-18)13-22-19-11-10-17(14-23-19)21-24-20(25-27-21)16-7-3-2-4-8-16/h2-12,14H,13H2,1H3,(H,22,23). The Morgan fingerprint density at radius 2 is 1.85 bits per heavy atom. The zero-order chi connectivity index (χ0) is 18.5. The molecule has 4 aromatic rings. The Hall–Kier alpha value is -3.67. The SMILES string of the molecule is COc1cccc(CNc2ccc(-c3nc(-c4ccccc4)no3)cn2)c1. The lowest BCUT2D eigenvalue weighted by atomic mass is 10.2. The first-order valence-electron chi connectivity index (χ1n) is 8.54. The van der Waals surface area contributed by atoms with Crippen molar-refractivity contribution in [1.82, 2.24) is 15.1 Å². The van der Waals surface area contributed by atoms with Crippen molar-refractivity contribution in [2.75, 3.05) is 12.4 Å². The van der Waals surface area contributed by atoms with Gasteiger partial charge in [0.25, 0.3) is 5.89 Å². The van der Waals surface area contributed by atoms with Gasteiger partial charge in [0.15, 0.2) is 0 Å². The molecule has 2 aromatic heterocycles. The Balaban J connectivity index is 1.44. The molecular weight excluding hydrogens is 340 g/mol. The molecule has 0 unspecified atom stereocenters. The maximum Gasteiger partial charge on any atom is 0.259 e. The van der Waals surface area contributed by atoms with Crippen molar-refractivity contribution in [1.29, 1.82) is 0 Å². The molecule has 0 spiro atoms. The molecule has 2 aromatic carbocycles. The van der Waals surface area contributed by atoms with E-state index >= 15 is 0 Å². The van der Waals surface area contributed by atoms with Gasteiger partial charge in [0.2, 0.25) is 5.82 Å². The number of methoxy groups -OCH3 is 1. The van der Waals surface area contributed by atoms with E-state index in [9.17, 15) is 0 Å². The van der Waals surface area contributed by atoms with Crippen molar-refractivity contribution in [2.45, 2.75) is 6.54 Å². The summed E-state index contributed by atoms with van der Waals surface area (Å²) >= 11 is 0. The second kappa shape index (κ2) is 7.70. The smallest absolute Gasteiger partial charge is 0.259 e. The average molecular weight is 358 g/mol. The molecule has 27 heavy (non-hydrogen) atoms. The molecule has 134 valence electrons. The molecule has 0 aliphatic carbocycles. The molecule has 1 N–H and O–H groups in total. The van der Waals surface area contributed by atoms with Crippen LogP contribution in [0.15, 0.2) is 77.4 Å². The molecule has 2 heterocycles.